The van der Waals surface area contributed by atoms with Gasteiger partial charge < -0.3 is 15.4 Å². The molecule has 2 amide bonds. The van der Waals surface area contributed by atoms with E-state index in [2.05, 4.69) is 31.3 Å². The Morgan fingerprint density at radius 2 is 1.95 bits per heavy atom. The average Bonchev–Trinajstić information content (AvgIpc) is 2.40. The van der Waals surface area contributed by atoms with Gasteiger partial charge in [-0.15, -0.1) is 0 Å². The number of alkyl carbamates (subject to hydrolysis) is 1. The molecule has 0 spiro atoms. The summed E-state index contributed by atoms with van der Waals surface area (Å²) in [5.74, 6) is -0.255. The van der Waals surface area contributed by atoms with Crippen LogP contribution in [0.3, 0.4) is 0 Å². The van der Waals surface area contributed by atoms with E-state index < -0.39 is 11.6 Å². The first-order valence-electron chi connectivity index (χ1n) is 6.24. The molecule has 1 rings (SSSR count). The molecule has 0 heterocycles. The van der Waals surface area contributed by atoms with Gasteiger partial charge in [0.25, 0.3) is 0 Å². The Kier molecular flexibility index (Phi) is 6.01. The van der Waals surface area contributed by atoms with Gasteiger partial charge >= 0.3 is 6.09 Å². The van der Waals surface area contributed by atoms with Crippen LogP contribution in [0.5, 0.6) is 0 Å². The van der Waals surface area contributed by atoms with Crippen molar-refractivity contribution in [1.29, 1.82) is 0 Å². The minimum absolute atomic E-state index is 0.255. The Bertz CT molecular complexity index is 489. The van der Waals surface area contributed by atoms with Crippen LogP contribution in [0.4, 0.5) is 4.79 Å². The van der Waals surface area contributed by atoms with Crippen molar-refractivity contribution in [3.05, 3.63) is 34.3 Å². The number of amides is 2. The number of ether oxygens (including phenoxy) is 1. The van der Waals surface area contributed by atoms with Crippen LogP contribution in [0.15, 0.2) is 28.7 Å². The van der Waals surface area contributed by atoms with E-state index >= 15 is 0 Å². The molecule has 110 valence electrons. The SMILES string of the molecule is COC(=O)NC(C)(C)C(=O)NCCc1ccccc1Br. The van der Waals surface area contributed by atoms with Gasteiger partial charge in [-0.3, -0.25) is 4.79 Å². The normalized spacial score (nSPS) is 10.8. The zero-order chi connectivity index (χ0) is 15.2. The van der Waals surface area contributed by atoms with Gasteiger partial charge in [0, 0.05) is 11.0 Å². The maximum Gasteiger partial charge on any atom is 0.407 e. The second-order valence-electron chi connectivity index (χ2n) is 4.84. The molecule has 1 aromatic carbocycles. The van der Waals surface area contributed by atoms with Crippen LogP contribution < -0.4 is 10.6 Å². The van der Waals surface area contributed by atoms with Crippen LogP contribution in [0.25, 0.3) is 0 Å². The first kappa shape index (κ1) is 16.5. The Balaban J connectivity index is 2.47. The maximum atomic E-state index is 12.0. The predicted octanol–water partition coefficient (Wildman–Crippen LogP) is 2.24. The van der Waals surface area contributed by atoms with E-state index in [4.69, 9.17) is 0 Å². The molecule has 1 aromatic rings. The minimum Gasteiger partial charge on any atom is -0.453 e. The molecule has 0 saturated heterocycles. The highest BCUT2D eigenvalue weighted by molar-refractivity contribution is 9.10. The summed E-state index contributed by atoms with van der Waals surface area (Å²) in [6, 6.07) is 7.84. The van der Waals surface area contributed by atoms with E-state index in [0.717, 1.165) is 10.0 Å². The lowest BCUT2D eigenvalue weighted by Crippen LogP contribution is -2.55. The fourth-order valence-corrected chi connectivity index (χ4v) is 2.08. The van der Waals surface area contributed by atoms with E-state index in [1.165, 1.54) is 7.11 Å². The monoisotopic (exact) mass is 342 g/mol. The first-order chi connectivity index (χ1) is 9.36. The number of methoxy groups -OCH3 is 1. The summed E-state index contributed by atoms with van der Waals surface area (Å²) in [5, 5.41) is 5.28. The van der Waals surface area contributed by atoms with E-state index in [1.54, 1.807) is 13.8 Å². The molecule has 0 aliphatic rings. The smallest absolute Gasteiger partial charge is 0.407 e. The van der Waals surface area contributed by atoms with Gasteiger partial charge in [0.2, 0.25) is 5.91 Å². The summed E-state index contributed by atoms with van der Waals surface area (Å²) in [6.45, 7) is 3.74. The van der Waals surface area contributed by atoms with Gasteiger partial charge in [-0.05, 0) is 31.9 Å². The molecule has 0 atom stereocenters. The van der Waals surface area contributed by atoms with Gasteiger partial charge in [0.05, 0.1) is 7.11 Å². The van der Waals surface area contributed by atoms with Gasteiger partial charge in [-0.25, -0.2) is 4.79 Å². The molecule has 0 fully saturated rings. The third kappa shape index (κ3) is 4.85. The first-order valence-corrected chi connectivity index (χ1v) is 7.04. The second kappa shape index (κ2) is 7.28. The predicted molar refractivity (Wildman–Crippen MR) is 80.5 cm³/mol. The van der Waals surface area contributed by atoms with Crippen molar-refractivity contribution in [3.8, 4) is 0 Å². The van der Waals surface area contributed by atoms with E-state index in [0.29, 0.717) is 13.0 Å². The Morgan fingerprint density at radius 3 is 2.55 bits per heavy atom. The van der Waals surface area contributed by atoms with Crippen LogP contribution in [0, 0.1) is 0 Å². The third-order valence-corrected chi connectivity index (χ3v) is 3.58. The molecule has 0 bridgehead atoms. The number of benzene rings is 1. The molecule has 6 heteroatoms. The van der Waals surface area contributed by atoms with Gasteiger partial charge in [-0.2, -0.15) is 0 Å². The molecular weight excluding hydrogens is 324 g/mol. The lowest BCUT2D eigenvalue weighted by Gasteiger charge is -2.24. The largest absolute Gasteiger partial charge is 0.453 e. The van der Waals surface area contributed by atoms with Crippen molar-refractivity contribution >= 4 is 27.9 Å². The summed E-state index contributed by atoms with van der Waals surface area (Å²) in [6.07, 6.45) is 0.0810. The minimum atomic E-state index is -1.01. The number of hydrogen-bond donors (Lipinski definition) is 2. The van der Waals surface area contributed by atoms with E-state index in [9.17, 15) is 9.59 Å². The molecule has 0 unspecified atom stereocenters. The summed E-state index contributed by atoms with van der Waals surface area (Å²) in [5.41, 5.74) is 0.104. The van der Waals surface area contributed by atoms with Gasteiger partial charge in [0.1, 0.15) is 5.54 Å². The van der Waals surface area contributed by atoms with Crippen molar-refractivity contribution in [3.63, 3.8) is 0 Å². The zero-order valence-corrected chi connectivity index (χ0v) is 13.4. The third-order valence-electron chi connectivity index (χ3n) is 2.81. The van der Waals surface area contributed by atoms with Gasteiger partial charge in [-0.1, -0.05) is 34.1 Å². The van der Waals surface area contributed by atoms with Crippen LogP contribution in [0.1, 0.15) is 19.4 Å². The van der Waals surface area contributed by atoms with Gasteiger partial charge in [0.15, 0.2) is 0 Å². The Labute approximate surface area is 127 Å². The molecule has 0 radical (unpaired) electrons. The fourth-order valence-electron chi connectivity index (χ4n) is 1.60. The Morgan fingerprint density at radius 1 is 1.30 bits per heavy atom. The number of carbonyl (C=O) groups excluding carboxylic acids is 2. The summed E-state index contributed by atoms with van der Waals surface area (Å²) >= 11 is 3.46. The quantitative estimate of drug-likeness (QED) is 0.862. The number of rotatable bonds is 5. The molecule has 0 saturated carbocycles. The fraction of sp³-hybridized carbons (Fsp3) is 0.429. The molecule has 20 heavy (non-hydrogen) atoms. The molecule has 2 N–H and O–H groups in total. The van der Waals surface area contributed by atoms with Crippen molar-refractivity contribution in [2.75, 3.05) is 13.7 Å². The van der Waals surface area contributed by atoms with Crippen molar-refractivity contribution in [2.45, 2.75) is 25.8 Å². The number of hydrogen-bond acceptors (Lipinski definition) is 3. The second-order valence-corrected chi connectivity index (χ2v) is 5.69. The van der Waals surface area contributed by atoms with Crippen LogP contribution in [-0.2, 0) is 16.0 Å². The van der Waals surface area contributed by atoms with E-state index in [1.807, 2.05) is 24.3 Å². The molecule has 0 aromatic heterocycles. The van der Waals surface area contributed by atoms with Crippen molar-refractivity contribution in [2.24, 2.45) is 0 Å². The number of halogens is 1. The van der Waals surface area contributed by atoms with Crippen LogP contribution >= 0.6 is 15.9 Å². The standard InChI is InChI=1S/C14H19BrN2O3/c1-14(2,17-13(19)20-3)12(18)16-9-8-10-6-4-5-7-11(10)15/h4-7H,8-9H2,1-3H3,(H,16,18)(H,17,19). The van der Waals surface area contributed by atoms with Crippen LogP contribution in [0.2, 0.25) is 0 Å². The topological polar surface area (TPSA) is 67.4 Å². The highest BCUT2D eigenvalue weighted by Crippen LogP contribution is 2.15. The number of carbonyl (C=O) groups is 2. The maximum absolute atomic E-state index is 12.0. The van der Waals surface area contributed by atoms with Crippen molar-refractivity contribution in [1.82, 2.24) is 10.6 Å². The number of nitrogens with one attached hydrogen (secondary N) is 2. The molecule has 0 aliphatic carbocycles. The summed E-state index contributed by atoms with van der Waals surface area (Å²) < 4.78 is 5.50. The summed E-state index contributed by atoms with van der Waals surface area (Å²) in [4.78, 5) is 23.2. The highest BCUT2D eigenvalue weighted by Gasteiger charge is 2.29. The lowest BCUT2D eigenvalue weighted by atomic mass is 10.0. The molecule has 5 nitrogen and oxygen atoms in total. The molecule has 0 aliphatic heterocycles. The zero-order valence-electron chi connectivity index (χ0n) is 11.8. The highest BCUT2D eigenvalue weighted by atomic mass is 79.9. The summed E-state index contributed by atoms with van der Waals surface area (Å²) in [7, 11) is 1.26. The van der Waals surface area contributed by atoms with E-state index in [-0.39, 0.29) is 5.91 Å². The Hall–Kier alpha value is -1.56. The average molecular weight is 343 g/mol. The lowest BCUT2D eigenvalue weighted by molar-refractivity contribution is -0.126. The van der Waals surface area contributed by atoms with Crippen LogP contribution in [-0.4, -0.2) is 31.2 Å². The molecular formula is C14H19BrN2O3. The van der Waals surface area contributed by atoms with Crippen molar-refractivity contribution < 1.29 is 14.3 Å².